The number of hydrogen-bond acceptors (Lipinski definition) is 10. The van der Waals surface area contributed by atoms with E-state index in [4.69, 9.17) is 0 Å². The minimum absolute atomic E-state index is 0.167. The number of benzene rings is 1. The van der Waals surface area contributed by atoms with E-state index in [9.17, 15) is 48.3 Å². The van der Waals surface area contributed by atoms with Crippen LogP contribution in [-0.2, 0) is 43.2 Å². The van der Waals surface area contributed by atoms with Gasteiger partial charge in [-0.05, 0) is 0 Å². The van der Waals surface area contributed by atoms with E-state index in [1.165, 1.54) is 30.5 Å². The van der Waals surface area contributed by atoms with Crippen LogP contribution in [0.15, 0.2) is 30.3 Å². The number of thioether (sulfide) groups is 1. The zero-order valence-corrected chi connectivity index (χ0v) is 39.1. The molecule has 0 aromatic heterocycles. The Kier molecular flexibility index (Phi) is 21.8. The normalized spacial score (nSPS) is 16.8. The van der Waals surface area contributed by atoms with Gasteiger partial charge in [-0.25, -0.2) is 0 Å². The van der Waals surface area contributed by atoms with Crippen LogP contribution < -0.4 is 41.7 Å². The second-order valence-corrected chi connectivity index (χ2v) is 20.4. The van der Waals surface area contributed by atoms with E-state index in [0.717, 1.165) is 4.46 Å². The average molecular weight is 940 g/mol. The van der Waals surface area contributed by atoms with Crippen molar-refractivity contribution in [1.29, 1.82) is 0 Å². The van der Waals surface area contributed by atoms with E-state index in [1.54, 1.807) is 20.8 Å². The summed E-state index contributed by atoms with van der Waals surface area (Å²) in [6, 6.07) is 2.79. The van der Waals surface area contributed by atoms with Crippen molar-refractivity contribution in [3.8, 4) is 0 Å². The molecule has 2 rings (SSSR count). The average Bonchev–Trinajstić information content (AvgIpc) is 3.70. The predicted molar refractivity (Wildman–Crippen MR) is 233 cm³/mol. The molecule has 8 N–H and O–H groups in total. The van der Waals surface area contributed by atoms with E-state index in [2.05, 4.69) is 37.2 Å². The van der Waals surface area contributed by atoms with Gasteiger partial charge in [0.2, 0.25) is 11.8 Å². The van der Waals surface area contributed by atoms with Crippen LogP contribution in [0.3, 0.4) is 0 Å². The second kappa shape index (κ2) is 25.3. The third kappa shape index (κ3) is 18.5. The number of hydrogen-bond donors (Lipinski definition) is 8. The Morgan fingerprint density at radius 3 is 1.98 bits per heavy atom. The summed E-state index contributed by atoms with van der Waals surface area (Å²) in [4.78, 5) is 118. The molecule has 20 heteroatoms. The van der Waals surface area contributed by atoms with Crippen LogP contribution >= 0.6 is 11.8 Å². The number of carboxylic acids is 1. The van der Waals surface area contributed by atoms with Crippen molar-refractivity contribution >= 4 is 84.4 Å². The number of amides is 8. The summed E-state index contributed by atoms with van der Waals surface area (Å²) < 4.78 is 0.668. The van der Waals surface area contributed by atoms with Crippen molar-refractivity contribution in [3.05, 3.63) is 30.3 Å². The molecule has 1 aliphatic heterocycles. The number of carbonyl (C=O) groups excluding carboxylic acids is 8. The minimum atomic E-state index is -1.24. The molecule has 1 aromatic carbocycles. The molecule has 1 saturated heterocycles. The summed E-state index contributed by atoms with van der Waals surface area (Å²) in [6.07, 6.45) is 1.25. The van der Waals surface area contributed by atoms with Gasteiger partial charge in [0.15, 0.2) is 0 Å². The summed E-state index contributed by atoms with van der Waals surface area (Å²) in [7, 11) is 0. The van der Waals surface area contributed by atoms with E-state index in [0.29, 0.717) is 19.3 Å². The number of carbonyl (C=O) groups is 9. The van der Waals surface area contributed by atoms with Gasteiger partial charge in [-0.2, -0.15) is 0 Å². The number of aliphatic carboxylic acids is 1. The number of rotatable bonds is 23. The Labute approximate surface area is 368 Å². The Morgan fingerprint density at radius 2 is 1.41 bits per heavy atom. The molecule has 18 nitrogen and oxygen atoms in total. The Hall–Kier alpha value is -4.68. The number of nitrogens with zero attached hydrogens (tertiary/aromatic N) is 1. The fourth-order valence-electron chi connectivity index (χ4n) is 5.95. The van der Waals surface area contributed by atoms with Crippen LogP contribution in [0.4, 0.5) is 0 Å². The van der Waals surface area contributed by atoms with Gasteiger partial charge in [-0.15, -0.1) is 0 Å². The van der Waals surface area contributed by atoms with Crippen LogP contribution in [0.5, 0.6) is 0 Å². The maximum atomic E-state index is 14.2. The molecule has 0 saturated carbocycles. The Balaban J connectivity index is 2.33. The zero-order valence-electron chi connectivity index (χ0n) is 36.5. The third-order valence-corrected chi connectivity index (χ3v) is 13.3. The molecule has 0 spiro atoms. The molecule has 1 heterocycles. The topological polar surface area (TPSA) is 261 Å². The molecule has 0 unspecified atom stereocenters. The fraction of sp³-hybridized carbons (Fsp3) is 0.634. The van der Waals surface area contributed by atoms with Crippen LogP contribution in [-0.4, -0.2) is 145 Å². The molecule has 1 aliphatic rings. The predicted octanol–water partition coefficient (Wildman–Crippen LogP) is -0.560. The molecular weight excluding hydrogens is 876 g/mol. The third-order valence-electron chi connectivity index (χ3n) is 9.66. The van der Waals surface area contributed by atoms with Crippen molar-refractivity contribution in [1.82, 2.24) is 42.1 Å². The summed E-state index contributed by atoms with van der Waals surface area (Å²) in [6.45, 7) is 14.9. The van der Waals surface area contributed by atoms with Crippen molar-refractivity contribution in [2.24, 2.45) is 11.8 Å². The van der Waals surface area contributed by atoms with E-state index >= 15 is 0 Å². The first-order valence-corrected chi connectivity index (χ1v) is 23.5. The van der Waals surface area contributed by atoms with E-state index < -0.39 is 102 Å². The monoisotopic (exact) mass is 940 g/mol. The maximum absolute atomic E-state index is 14.2. The fourth-order valence-corrected chi connectivity index (χ4v) is 8.82. The van der Waals surface area contributed by atoms with Crippen molar-refractivity contribution in [3.63, 3.8) is 0 Å². The SMILES string of the molecule is CC[C@H](C)[C@H](NC(=O)[C@@H](NC(=O)[C@H](C[Se]c1ccccc1)NC(=O)[C@@H]1CCCN1C(=O)[C@H](CSC(C)(C)C)NC(=O)CNC(=O)CNC(C)=O)C(C)C)C(=O)N[C@@H](C)C(=O)O. The molecule has 0 bridgehead atoms. The Morgan fingerprint density at radius 1 is 0.803 bits per heavy atom. The van der Waals surface area contributed by atoms with Gasteiger partial charge in [-0.1, -0.05) is 0 Å². The van der Waals surface area contributed by atoms with E-state index in [-0.39, 0.29) is 49.8 Å². The van der Waals surface area contributed by atoms with Crippen molar-refractivity contribution in [2.75, 3.05) is 25.4 Å². The second-order valence-electron chi connectivity index (χ2n) is 16.3. The molecule has 1 aromatic rings. The summed E-state index contributed by atoms with van der Waals surface area (Å²) in [5, 5.41) is 27.7. The molecule has 8 amide bonds. The van der Waals surface area contributed by atoms with Crippen molar-refractivity contribution < 1.29 is 48.3 Å². The van der Waals surface area contributed by atoms with Gasteiger partial charge in [0.05, 0.1) is 6.54 Å². The number of carboxylic acid groups (broad SMARTS) is 1. The van der Waals surface area contributed by atoms with Gasteiger partial charge in [0.25, 0.3) is 0 Å². The van der Waals surface area contributed by atoms with Gasteiger partial charge < -0.3 is 10.4 Å². The van der Waals surface area contributed by atoms with Crippen LogP contribution in [0.25, 0.3) is 0 Å². The van der Waals surface area contributed by atoms with E-state index in [1.807, 2.05) is 58.0 Å². The molecule has 0 radical (unpaired) electrons. The van der Waals surface area contributed by atoms with Crippen LogP contribution in [0.2, 0.25) is 5.32 Å². The molecule has 340 valence electrons. The Bertz CT molecular complexity index is 1710. The smallest absolute Gasteiger partial charge is 0.480 e. The van der Waals surface area contributed by atoms with Crippen LogP contribution in [0.1, 0.15) is 81.6 Å². The molecule has 1 fully saturated rings. The molecular formula is C41H64N8O10SSe. The number of nitrogens with one attached hydrogen (secondary N) is 7. The molecule has 7 atom stereocenters. The summed E-state index contributed by atoms with van der Waals surface area (Å²) in [5.41, 5.74) is 0. The summed E-state index contributed by atoms with van der Waals surface area (Å²) >= 11 is 1.12. The van der Waals surface area contributed by atoms with Gasteiger partial charge >= 0.3 is 320 Å². The molecule has 0 aliphatic carbocycles. The van der Waals surface area contributed by atoms with Crippen molar-refractivity contribution in [2.45, 2.75) is 128 Å². The van der Waals surface area contributed by atoms with Gasteiger partial charge in [0, 0.05) is 6.92 Å². The number of likely N-dealkylation sites (tertiary alicyclic amines) is 1. The minimum Gasteiger partial charge on any atom is -0.480 e. The first kappa shape index (κ1) is 52.5. The van der Waals surface area contributed by atoms with Gasteiger partial charge in [-0.3, -0.25) is 14.4 Å². The van der Waals surface area contributed by atoms with Gasteiger partial charge in [0.1, 0.15) is 0 Å². The quantitative estimate of drug-likeness (QED) is 0.0646. The standard InChI is InChI=1S/C41H64N8O10SSe/c1-10-24(4)34(38(56)44-25(5)40(58)59)48-37(55)33(23(2)3)47-35(53)29(22-61-27-15-12-11-13-16-27)46-36(54)30-17-14-18-49(30)39(57)28(21-60-41(7,8)9)45-32(52)20-43-31(51)19-42-26(6)50/h11-13,15-16,23-25,28-30,33-34H,10,14,17-22H2,1-9H3,(H,42,50)(H,43,51)(H,44,56)(H,45,52)(H,46,54)(H,47,53)(H,48,55)(H,58,59)/t24-,25-,28-,29-,30-,33-,34-/m0/s1. The molecule has 61 heavy (non-hydrogen) atoms. The summed E-state index contributed by atoms with van der Waals surface area (Å²) in [5.74, 6) is -6.64. The van der Waals surface area contributed by atoms with Crippen LogP contribution in [0, 0.1) is 11.8 Å². The first-order chi connectivity index (χ1) is 28.5. The zero-order chi connectivity index (χ0) is 46.0. The first-order valence-electron chi connectivity index (χ1n) is 20.4.